The van der Waals surface area contributed by atoms with Crippen molar-refractivity contribution in [2.24, 2.45) is 0 Å². The van der Waals surface area contributed by atoms with Gasteiger partial charge in [-0.1, -0.05) is 66.7 Å². The van der Waals surface area contributed by atoms with E-state index in [1.165, 1.54) is 10.9 Å². The first-order chi connectivity index (χ1) is 16.1. The van der Waals surface area contributed by atoms with E-state index in [1.54, 1.807) is 6.08 Å². The molecule has 0 spiro atoms. The van der Waals surface area contributed by atoms with Gasteiger partial charge < -0.3 is 9.88 Å². The molecule has 0 saturated heterocycles. The van der Waals surface area contributed by atoms with Crippen LogP contribution in [0.3, 0.4) is 0 Å². The molecule has 4 aromatic rings. The lowest BCUT2D eigenvalue weighted by Crippen LogP contribution is -2.25. The minimum Gasteiger partial charge on any atom is -0.351 e. The number of carbonyl (C=O) groups excluding carboxylic acids is 1. The van der Waals surface area contributed by atoms with Gasteiger partial charge in [0.25, 0.3) is 5.91 Å². The molecule has 4 nitrogen and oxygen atoms in total. The number of nitriles is 1. The summed E-state index contributed by atoms with van der Waals surface area (Å²) in [5.41, 5.74) is 5.36. The van der Waals surface area contributed by atoms with E-state index in [0.29, 0.717) is 6.54 Å². The Bertz CT molecular complexity index is 1350. The van der Waals surface area contributed by atoms with Gasteiger partial charge in [0.05, 0.1) is 5.69 Å². The van der Waals surface area contributed by atoms with Gasteiger partial charge in [-0.15, -0.1) is 0 Å². The molecule has 164 valence electrons. The van der Waals surface area contributed by atoms with E-state index in [1.807, 2.05) is 50.2 Å². The molecule has 0 radical (unpaired) electrons. The van der Waals surface area contributed by atoms with Crippen molar-refractivity contribution in [3.63, 3.8) is 0 Å². The van der Waals surface area contributed by atoms with E-state index in [4.69, 9.17) is 0 Å². The zero-order chi connectivity index (χ0) is 23.2. The minimum absolute atomic E-state index is 0.118. The molecular weight excluding hydrogens is 406 g/mol. The number of carbonyl (C=O) groups is 1. The van der Waals surface area contributed by atoms with Gasteiger partial charge in [0.2, 0.25) is 0 Å². The van der Waals surface area contributed by atoms with Crippen molar-refractivity contribution >= 4 is 22.8 Å². The van der Waals surface area contributed by atoms with E-state index in [9.17, 15) is 10.1 Å². The highest BCUT2D eigenvalue weighted by Crippen LogP contribution is 2.28. The Balaban J connectivity index is 1.53. The van der Waals surface area contributed by atoms with E-state index in [-0.39, 0.29) is 11.5 Å². The molecule has 3 aromatic carbocycles. The molecule has 0 saturated carbocycles. The molecule has 4 rings (SSSR count). The molecule has 1 heterocycles. The normalized spacial score (nSPS) is 11.4. The Morgan fingerprint density at radius 1 is 1.00 bits per heavy atom. The molecular formula is C29H27N3O. The quantitative estimate of drug-likeness (QED) is 0.224. The van der Waals surface area contributed by atoms with Crippen molar-refractivity contribution in [3.05, 3.63) is 107 Å². The molecule has 33 heavy (non-hydrogen) atoms. The maximum absolute atomic E-state index is 12.6. The van der Waals surface area contributed by atoms with Crippen LogP contribution in [0.4, 0.5) is 0 Å². The molecule has 0 unspecified atom stereocenters. The zero-order valence-electron chi connectivity index (χ0n) is 19.0. The highest BCUT2D eigenvalue weighted by Gasteiger charge is 2.14. The first-order valence-corrected chi connectivity index (χ1v) is 11.2. The summed E-state index contributed by atoms with van der Waals surface area (Å²) in [6, 6.07) is 28.8. The molecule has 0 atom stereocenters. The first kappa shape index (κ1) is 22.1. The van der Waals surface area contributed by atoms with Crippen molar-refractivity contribution in [1.29, 1.82) is 5.26 Å². The first-order valence-electron chi connectivity index (χ1n) is 11.2. The van der Waals surface area contributed by atoms with Gasteiger partial charge in [-0.05, 0) is 61.4 Å². The largest absolute Gasteiger partial charge is 0.351 e. The summed E-state index contributed by atoms with van der Waals surface area (Å²) in [5, 5.41) is 14.9. The summed E-state index contributed by atoms with van der Waals surface area (Å²) in [5.74, 6) is -0.333. The van der Waals surface area contributed by atoms with Crippen molar-refractivity contribution in [3.8, 4) is 11.8 Å². The number of nitrogens with one attached hydrogen (secondary N) is 1. The fourth-order valence-electron chi connectivity index (χ4n) is 4.25. The number of aryl methyl sites for hydroxylation is 2. The van der Waals surface area contributed by atoms with Crippen LogP contribution in [0.1, 0.15) is 28.9 Å². The second kappa shape index (κ2) is 10.0. The smallest absolute Gasteiger partial charge is 0.261 e. The predicted octanol–water partition coefficient (Wildman–Crippen LogP) is 5.90. The molecule has 0 aliphatic carbocycles. The number of rotatable bonds is 7. The standard InChI is InChI=1S/C29H27N3O/c1-21-18-25(22(2)32(21)28-16-8-14-24-13-6-7-15-27(24)28)19-26(20-30)29(33)31-17-9-12-23-10-4-3-5-11-23/h3-8,10-11,13-16,18-19H,9,12,17H2,1-2H3,(H,31,33)/b26-19-. The van der Waals surface area contributed by atoms with E-state index in [2.05, 4.69) is 58.4 Å². The van der Waals surface area contributed by atoms with Crippen LogP contribution < -0.4 is 5.32 Å². The number of benzene rings is 3. The number of hydrogen-bond donors (Lipinski definition) is 1. The van der Waals surface area contributed by atoms with E-state index >= 15 is 0 Å². The van der Waals surface area contributed by atoms with Crippen LogP contribution in [0.25, 0.3) is 22.5 Å². The second-order valence-electron chi connectivity index (χ2n) is 8.18. The molecule has 4 heteroatoms. The van der Waals surface area contributed by atoms with Crippen LogP contribution in [0.15, 0.2) is 84.4 Å². The molecule has 0 bridgehead atoms. The molecule has 1 amide bonds. The van der Waals surface area contributed by atoms with Crippen molar-refractivity contribution < 1.29 is 4.79 Å². The summed E-state index contributed by atoms with van der Waals surface area (Å²) in [6.45, 7) is 4.59. The lowest BCUT2D eigenvalue weighted by atomic mass is 10.1. The summed E-state index contributed by atoms with van der Waals surface area (Å²) in [6.07, 6.45) is 3.40. The molecule has 0 fully saturated rings. The molecule has 1 N–H and O–H groups in total. The third-order valence-corrected chi connectivity index (χ3v) is 5.91. The lowest BCUT2D eigenvalue weighted by Gasteiger charge is -2.13. The van der Waals surface area contributed by atoms with Crippen LogP contribution in [-0.2, 0) is 11.2 Å². The Morgan fingerprint density at radius 3 is 2.52 bits per heavy atom. The molecule has 1 aromatic heterocycles. The topological polar surface area (TPSA) is 57.8 Å². The SMILES string of the molecule is Cc1cc(/C=C(/C#N)C(=O)NCCCc2ccccc2)c(C)n1-c1cccc2ccccc12. The number of hydrogen-bond acceptors (Lipinski definition) is 2. The van der Waals surface area contributed by atoms with Gasteiger partial charge in [0.15, 0.2) is 0 Å². The highest BCUT2D eigenvalue weighted by molar-refractivity contribution is 6.02. The van der Waals surface area contributed by atoms with Gasteiger partial charge in [-0.2, -0.15) is 5.26 Å². The summed E-state index contributed by atoms with van der Waals surface area (Å²) in [7, 11) is 0. The average Bonchev–Trinajstić information content (AvgIpc) is 3.12. The number of aromatic nitrogens is 1. The Labute approximate surface area is 194 Å². The maximum Gasteiger partial charge on any atom is 0.261 e. The minimum atomic E-state index is -0.333. The van der Waals surface area contributed by atoms with Crippen LogP contribution in [0.5, 0.6) is 0 Å². The van der Waals surface area contributed by atoms with E-state index in [0.717, 1.165) is 40.9 Å². The fraction of sp³-hybridized carbons (Fsp3) is 0.172. The fourth-order valence-corrected chi connectivity index (χ4v) is 4.25. The van der Waals surface area contributed by atoms with Crippen LogP contribution in [0.2, 0.25) is 0 Å². The van der Waals surface area contributed by atoms with Crippen LogP contribution in [0, 0.1) is 25.2 Å². The van der Waals surface area contributed by atoms with Gasteiger partial charge in [-0.25, -0.2) is 0 Å². The Hall–Kier alpha value is -4.10. The zero-order valence-corrected chi connectivity index (χ0v) is 19.0. The second-order valence-corrected chi connectivity index (χ2v) is 8.18. The molecule has 0 aliphatic rings. The maximum atomic E-state index is 12.6. The monoisotopic (exact) mass is 433 g/mol. The average molecular weight is 434 g/mol. The molecule has 0 aliphatic heterocycles. The number of nitrogens with zero attached hydrogens (tertiary/aromatic N) is 2. The van der Waals surface area contributed by atoms with Gasteiger partial charge in [-0.3, -0.25) is 4.79 Å². The number of fused-ring (bicyclic) bond motifs is 1. The van der Waals surface area contributed by atoms with Crippen molar-refractivity contribution in [2.75, 3.05) is 6.54 Å². The summed E-state index contributed by atoms with van der Waals surface area (Å²) < 4.78 is 2.18. The lowest BCUT2D eigenvalue weighted by molar-refractivity contribution is -0.117. The third kappa shape index (κ3) is 4.88. The highest BCUT2D eigenvalue weighted by atomic mass is 16.1. The third-order valence-electron chi connectivity index (χ3n) is 5.91. The summed E-state index contributed by atoms with van der Waals surface area (Å²) in [4.78, 5) is 12.6. The van der Waals surface area contributed by atoms with Gasteiger partial charge in [0, 0.05) is 23.3 Å². The Kier molecular flexibility index (Phi) is 6.71. The van der Waals surface area contributed by atoms with Crippen LogP contribution in [-0.4, -0.2) is 17.0 Å². The van der Waals surface area contributed by atoms with Gasteiger partial charge >= 0.3 is 0 Å². The van der Waals surface area contributed by atoms with E-state index < -0.39 is 0 Å². The van der Waals surface area contributed by atoms with Crippen LogP contribution >= 0.6 is 0 Å². The Morgan fingerprint density at radius 2 is 1.73 bits per heavy atom. The van der Waals surface area contributed by atoms with Crippen molar-refractivity contribution in [1.82, 2.24) is 9.88 Å². The number of amides is 1. The van der Waals surface area contributed by atoms with Crippen molar-refractivity contribution in [2.45, 2.75) is 26.7 Å². The van der Waals surface area contributed by atoms with Gasteiger partial charge in [0.1, 0.15) is 11.6 Å². The predicted molar refractivity (Wildman–Crippen MR) is 134 cm³/mol. The summed E-state index contributed by atoms with van der Waals surface area (Å²) >= 11 is 0.